The quantitative estimate of drug-likeness (QED) is 0.861. The molecule has 2 amide bonds. The van der Waals surface area contributed by atoms with Gasteiger partial charge in [-0.1, -0.05) is 0 Å². The Kier molecular flexibility index (Phi) is 4.53. The van der Waals surface area contributed by atoms with Gasteiger partial charge in [0, 0.05) is 18.3 Å². The largest absolute Gasteiger partial charge is 0.444 e. The molecule has 0 unspecified atom stereocenters. The summed E-state index contributed by atoms with van der Waals surface area (Å²) in [5.74, 6) is -0.129. The molecule has 1 aromatic rings. The molecule has 5 nitrogen and oxygen atoms in total. The molecule has 0 fully saturated rings. The molecule has 1 aromatic carbocycles. The number of ether oxygens (including phenoxy) is 1. The summed E-state index contributed by atoms with van der Waals surface area (Å²) in [6.45, 7) is 8.71. The number of carbonyl (C=O) groups excluding carboxylic acids is 2. The maximum atomic E-state index is 11.6. The normalized spacial score (nSPS) is 10.8. The zero-order valence-electron chi connectivity index (χ0n) is 12.0. The van der Waals surface area contributed by atoms with E-state index in [-0.39, 0.29) is 5.91 Å². The average molecular weight is 264 g/mol. The first kappa shape index (κ1) is 15.0. The predicted octanol–water partition coefficient (Wildman–Crippen LogP) is 3.30. The van der Waals surface area contributed by atoms with Crippen molar-refractivity contribution in [1.29, 1.82) is 0 Å². The molecule has 1 rings (SSSR count). The van der Waals surface area contributed by atoms with E-state index >= 15 is 0 Å². The van der Waals surface area contributed by atoms with Crippen molar-refractivity contribution >= 4 is 23.4 Å². The maximum Gasteiger partial charge on any atom is 0.412 e. The van der Waals surface area contributed by atoms with E-state index in [1.165, 1.54) is 6.92 Å². The van der Waals surface area contributed by atoms with Crippen LogP contribution in [0.4, 0.5) is 16.2 Å². The van der Waals surface area contributed by atoms with E-state index < -0.39 is 11.7 Å². The number of rotatable bonds is 2. The lowest BCUT2D eigenvalue weighted by Crippen LogP contribution is -2.27. The van der Waals surface area contributed by atoms with Crippen molar-refractivity contribution in [2.45, 2.75) is 40.2 Å². The summed E-state index contributed by atoms with van der Waals surface area (Å²) >= 11 is 0. The molecule has 19 heavy (non-hydrogen) atoms. The summed E-state index contributed by atoms with van der Waals surface area (Å²) in [6.07, 6.45) is -0.501. The molecule has 0 bridgehead atoms. The molecule has 0 aliphatic carbocycles. The maximum absolute atomic E-state index is 11.6. The summed E-state index contributed by atoms with van der Waals surface area (Å²) in [4.78, 5) is 22.6. The average Bonchev–Trinajstić information content (AvgIpc) is 2.18. The number of amides is 2. The van der Waals surface area contributed by atoms with Crippen LogP contribution in [0.1, 0.15) is 33.3 Å². The van der Waals surface area contributed by atoms with Crippen molar-refractivity contribution < 1.29 is 14.3 Å². The summed E-state index contributed by atoms with van der Waals surface area (Å²) in [5, 5.41) is 5.35. The van der Waals surface area contributed by atoms with Crippen LogP contribution in [0.5, 0.6) is 0 Å². The highest BCUT2D eigenvalue weighted by Gasteiger charge is 2.16. The minimum Gasteiger partial charge on any atom is -0.444 e. The van der Waals surface area contributed by atoms with Gasteiger partial charge in [0.25, 0.3) is 0 Å². The van der Waals surface area contributed by atoms with Crippen LogP contribution in [0.25, 0.3) is 0 Å². The highest BCUT2D eigenvalue weighted by molar-refractivity contribution is 5.91. The molecule has 0 atom stereocenters. The minimum atomic E-state index is -0.532. The molecule has 0 radical (unpaired) electrons. The summed E-state index contributed by atoms with van der Waals surface area (Å²) < 4.78 is 5.16. The fourth-order valence-corrected chi connectivity index (χ4v) is 1.49. The summed E-state index contributed by atoms with van der Waals surface area (Å²) in [7, 11) is 0. The molecule has 2 N–H and O–H groups in total. The van der Waals surface area contributed by atoms with Crippen molar-refractivity contribution in [1.82, 2.24) is 0 Å². The first-order valence-corrected chi connectivity index (χ1v) is 6.05. The second-order valence-electron chi connectivity index (χ2n) is 5.34. The molecule has 0 aliphatic heterocycles. The zero-order valence-corrected chi connectivity index (χ0v) is 12.0. The second kappa shape index (κ2) is 5.73. The zero-order chi connectivity index (χ0) is 14.6. The Morgan fingerprint density at radius 2 is 1.79 bits per heavy atom. The van der Waals surface area contributed by atoms with Gasteiger partial charge < -0.3 is 10.1 Å². The third-order valence-electron chi connectivity index (χ3n) is 2.18. The highest BCUT2D eigenvalue weighted by Crippen LogP contribution is 2.20. The van der Waals surface area contributed by atoms with Crippen LogP contribution in [-0.2, 0) is 9.53 Å². The van der Waals surface area contributed by atoms with Crippen LogP contribution in [-0.4, -0.2) is 17.6 Å². The Balaban J connectivity index is 2.73. The van der Waals surface area contributed by atoms with Crippen molar-refractivity contribution in [3.63, 3.8) is 0 Å². The smallest absolute Gasteiger partial charge is 0.412 e. The SMILES string of the molecule is CC(=O)Nc1ccc(NC(=O)OC(C)(C)C)cc1C. The molecule has 0 aromatic heterocycles. The lowest BCUT2D eigenvalue weighted by atomic mass is 10.1. The van der Waals surface area contributed by atoms with Crippen molar-refractivity contribution in [3.8, 4) is 0 Å². The number of nitrogens with one attached hydrogen (secondary N) is 2. The number of carbonyl (C=O) groups is 2. The van der Waals surface area contributed by atoms with Crippen LogP contribution < -0.4 is 10.6 Å². The summed E-state index contributed by atoms with van der Waals surface area (Å²) in [6, 6.07) is 5.22. The third-order valence-corrected chi connectivity index (χ3v) is 2.18. The number of anilines is 2. The van der Waals surface area contributed by atoms with Crippen LogP contribution in [0.2, 0.25) is 0 Å². The molecular formula is C14H20N2O3. The minimum absolute atomic E-state index is 0.129. The van der Waals surface area contributed by atoms with Gasteiger partial charge in [-0.3, -0.25) is 10.1 Å². The van der Waals surface area contributed by atoms with Crippen molar-refractivity contribution in [2.24, 2.45) is 0 Å². The number of benzene rings is 1. The molecule has 0 heterocycles. The lowest BCUT2D eigenvalue weighted by Gasteiger charge is -2.20. The van der Waals surface area contributed by atoms with Gasteiger partial charge in [-0.15, -0.1) is 0 Å². The van der Waals surface area contributed by atoms with Crippen molar-refractivity contribution in [3.05, 3.63) is 23.8 Å². The Morgan fingerprint density at radius 1 is 1.16 bits per heavy atom. The third kappa shape index (κ3) is 5.42. The van der Waals surface area contributed by atoms with E-state index in [1.54, 1.807) is 39.0 Å². The Morgan fingerprint density at radius 3 is 2.26 bits per heavy atom. The number of hydrogen-bond acceptors (Lipinski definition) is 3. The van der Waals surface area contributed by atoms with Crippen LogP contribution in [0.3, 0.4) is 0 Å². The van der Waals surface area contributed by atoms with E-state index in [4.69, 9.17) is 4.74 Å². The van der Waals surface area contributed by atoms with E-state index in [0.29, 0.717) is 5.69 Å². The highest BCUT2D eigenvalue weighted by atomic mass is 16.6. The van der Waals surface area contributed by atoms with Crippen molar-refractivity contribution in [2.75, 3.05) is 10.6 Å². The number of aryl methyl sites for hydroxylation is 1. The molecule has 0 saturated heterocycles. The second-order valence-corrected chi connectivity index (χ2v) is 5.34. The van der Waals surface area contributed by atoms with Crippen LogP contribution in [0.15, 0.2) is 18.2 Å². The van der Waals surface area contributed by atoms with E-state index in [2.05, 4.69) is 10.6 Å². The van der Waals surface area contributed by atoms with Gasteiger partial charge in [0.15, 0.2) is 0 Å². The van der Waals surface area contributed by atoms with Gasteiger partial charge in [0.05, 0.1) is 0 Å². The van der Waals surface area contributed by atoms with Gasteiger partial charge in [-0.2, -0.15) is 0 Å². The first-order chi connectivity index (χ1) is 8.67. The Hall–Kier alpha value is -2.04. The van der Waals surface area contributed by atoms with Gasteiger partial charge in [0.2, 0.25) is 5.91 Å². The first-order valence-electron chi connectivity index (χ1n) is 6.05. The molecule has 104 valence electrons. The standard InChI is InChI=1S/C14H20N2O3/c1-9-8-11(6-7-12(9)15-10(2)17)16-13(18)19-14(3,4)5/h6-8H,1-5H3,(H,15,17)(H,16,18). The molecule has 0 aliphatic rings. The van der Waals surface area contributed by atoms with Crippen LogP contribution in [0, 0.1) is 6.92 Å². The van der Waals surface area contributed by atoms with Crippen LogP contribution >= 0.6 is 0 Å². The Bertz CT molecular complexity index is 490. The predicted molar refractivity (Wildman–Crippen MR) is 75.3 cm³/mol. The van der Waals surface area contributed by atoms with E-state index in [0.717, 1.165) is 11.3 Å². The lowest BCUT2D eigenvalue weighted by molar-refractivity contribution is -0.114. The van der Waals surface area contributed by atoms with E-state index in [1.807, 2.05) is 6.92 Å². The monoisotopic (exact) mass is 264 g/mol. The Labute approximate surface area is 113 Å². The van der Waals surface area contributed by atoms with Gasteiger partial charge in [-0.05, 0) is 51.5 Å². The molecule has 0 spiro atoms. The molecular weight excluding hydrogens is 244 g/mol. The fourth-order valence-electron chi connectivity index (χ4n) is 1.49. The topological polar surface area (TPSA) is 67.4 Å². The summed E-state index contributed by atoms with van der Waals surface area (Å²) in [5.41, 5.74) is 1.68. The van der Waals surface area contributed by atoms with Gasteiger partial charge >= 0.3 is 6.09 Å². The molecule has 0 saturated carbocycles. The number of hydrogen-bond donors (Lipinski definition) is 2. The van der Waals surface area contributed by atoms with Gasteiger partial charge in [-0.25, -0.2) is 4.79 Å². The molecule has 5 heteroatoms. The van der Waals surface area contributed by atoms with Gasteiger partial charge in [0.1, 0.15) is 5.60 Å². The van der Waals surface area contributed by atoms with E-state index in [9.17, 15) is 9.59 Å². The fraction of sp³-hybridized carbons (Fsp3) is 0.429.